The van der Waals surface area contributed by atoms with Gasteiger partial charge in [-0.15, -0.1) is 0 Å². The fourth-order valence-electron chi connectivity index (χ4n) is 2.90. The van der Waals surface area contributed by atoms with E-state index in [2.05, 4.69) is 5.32 Å². The molecule has 0 aliphatic heterocycles. The number of carbonyl (C=O) groups is 2. The van der Waals surface area contributed by atoms with Gasteiger partial charge in [0.05, 0.1) is 11.6 Å². The van der Waals surface area contributed by atoms with Gasteiger partial charge in [0.15, 0.2) is 11.6 Å². The predicted octanol–water partition coefficient (Wildman–Crippen LogP) is 5.39. The van der Waals surface area contributed by atoms with Crippen LogP contribution in [0.2, 0.25) is 5.02 Å². The number of carboxylic acids is 1. The molecule has 0 aromatic heterocycles. The summed E-state index contributed by atoms with van der Waals surface area (Å²) in [5, 5.41) is 12.1. The standard InChI is InChI=1S/C23H18ClF2NO4/c1-13(14-2-4-15(5-3-14)23(29)30)27-22(28)19-10-17(24)7-6-16(19)12-31-21-11-18(25)8-9-20(21)26/h2-11,13H,12H2,1H3,(H,27,28)(H,29,30). The summed E-state index contributed by atoms with van der Waals surface area (Å²) in [6.45, 7) is 1.57. The average molecular weight is 446 g/mol. The van der Waals surface area contributed by atoms with Crippen molar-refractivity contribution in [3.05, 3.63) is 99.6 Å². The number of carbonyl (C=O) groups excluding carboxylic acids is 1. The monoisotopic (exact) mass is 445 g/mol. The molecule has 0 aliphatic carbocycles. The Morgan fingerprint density at radius 3 is 2.45 bits per heavy atom. The fourth-order valence-corrected chi connectivity index (χ4v) is 3.07. The van der Waals surface area contributed by atoms with Crippen LogP contribution in [0.25, 0.3) is 0 Å². The molecule has 3 rings (SSSR count). The van der Waals surface area contributed by atoms with E-state index < -0.39 is 29.6 Å². The summed E-state index contributed by atoms with van der Waals surface area (Å²) in [7, 11) is 0. The minimum atomic E-state index is -1.04. The molecule has 0 radical (unpaired) electrons. The van der Waals surface area contributed by atoms with Crippen LogP contribution in [-0.4, -0.2) is 17.0 Å². The van der Waals surface area contributed by atoms with Crippen molar-refractivity contribution < 1.29 is 28.2 Å². The minimum Gasteiger partial charge on any atom is -0.486 e. The quantitative estimate of drug-likeness (QED) is 0.511. The predicted molar refractivity (Wildman–Crippen MR) is 111 cm³/mol. The lowest BCUT2D eigenvalue weighted by Crippen LogP contribution is -2.27. The van der Waals surface area contributed by atoms with Gasteiger partial charge in [0.2, 0.25) is 0 Å². The zero-order chi connectivity index (χ0) is 22.5. The van der Waals surface area contributed by atoms with Crippen molar-refractivity contribution in [1.29, 1.82) is 0 Å². The molecule has 3 aromatic rings. The van der Waals surface area contributed by atoms with Crippen molar-refractivity contribution in [2.75, 3.05) is 0 Å². The Hall–Kier alpha value is -3.45. The van der Waals surface area contributed by atoms with Gasteiger partial charge in [-0.1, -0.05) is 29.8 Å². The first-order valence-corrected chi connectivity index (χ1v) is 9.63. The molecule has 0 bridgehead atoms. The molecule has 0 aliphatic rings. The molecule has 5 nitrogen and oxygen atoms in total. The number of benzene rings is 3. The van der Waals surface area contributed by atoms with E-state index >= 15 is 0 Å². The maximum absolute atomic E-state index is 13.8. The maximum atomic E-state index is 13.8. The highest BCUT2D eigenvalue weighted by molar-refractivity contribution is 6.31. The van der Waals surface area contributed by atoms with Gasteiger partial charge in [0.1, 0.15) is 12.4 Å². The molecule has 3 aromatic carbocycles. The van der Waals surface area contributed by atoms with E-state index in [1.165, 1.54) is 18.2 Å². The number of aromatic carboxylic acids is 1. The average Bonchev–Trinajstić information content (AvgIpc) is 2.75. The van der Waals surface area contributed by atoms with Crippen molar-refractivity contribution in [2.24, 2.45) is 0 Å². The lowest BCUT2D eigenvalue weighted by atomic mass is 10.0. The summed E-state index contributed by atoms with van der Waals surface area (Å²) >= 11 is 6.04. The topological polar surface area (TPSA) is 75.6 Å². The highest BCUT2D eigenvalue weighted by atomic mass is 35.5. The second kappa shape index (κ2) is 9.57. The van der Waals surface area contributed by atoms with Crippen LogP contribution in [0.5, 0.6) is 5.75 Å². The summed E-state index contributed by atoms with van der Waals surface area (Å²) in [6.07, 6.45) is 0. The molecular formula is C23H18ClF2NO4. The fraction of sp³-hybridized carbons (Fsp3) is 0.130. The van der Waals surface area contributed by atoms with Crippen LogP contribution in [0, 0.1) is 11.6 Å². The van der Waals surface area contributed by atoms with Crippen molar-refractivity contribution in [3.8, 4) is 5.75 Å². The number of halogens is 3. The number of amides is 1. The number of ether oxygens (including phenoxy) is 1. The van der Waals surface area contributed by atoms with Gasteiger partial charge < -0.3 is 15.2 Å². The zero-order valence-electron chi connectivity index (χ0n) is 16.4. The molecule has 0 spiro atoms. The molecule has 0 saturated heterocycles. The first-order valence-electron chi connectivity index (χ1n) is 9.25. The molecule has 0 saturated carbocycles. The van der Waals surface area contributed by atoms with Gasteiger partial charge in [-0.2, -0.15) is 0 Å². The third-order valence-corrected chi connectivity index (χ3v) is 4.83. The van der Waals surface area contributed by atoms with Crippen LogP contribution >= 0.6 is 11.6 Å². The van der Waals surface area contributed by atoms with Crippen LogP contribution in [0.15, 0.2) is 60.7 Å². The minimum absolute atomic E-state index is 0.140. The molecule has 2 N–H and O–H groups in total. The maximum Gasteiger partial charge on any atom is 0.335 e. The highest BCUT2D eigenvalue weighted by Crippen LogP contribution is 2.23. The molecule has 0 heterocycles. The summed E-state index contributed by atoms with van der Waals surface area (Å²) in [5.74, 6) is -3.13. The Morgan fingerprint density at radius 2 is 1.77 bits per heavy atom. The van der Waals surface area contributed by atoms with E-state index in [-0.39, 0.29) is 23.5 Å². The van der Waals surface area contributed by atoms with E-state index in [0.29, 0.717) is 16.1 Å². The Kier molecular flexibility index (Phi) is 6.87. The van der Waals surface area contributed by atoms with Crippen LogP contribution in [-0.2, 0) is 6.61 Å². The first kappa shape index (κ1) is 22.2. The summed E-state index contributed by atoms with van der Waals surface area (Å²) in [6, 6.07) is 13.2. The third-order valence-electron chi connectivity index (χ3n) is 4.60. The Bertz CT molecular complexity index is 1120. The van der Waals surface area contributed by atoms with E-state index in [1.807, 2.05) is 0 Å². The Morgan fingerprint density at radius 1 is 1.06 bits per heavy atom. The van der Waals surface area contributed by atoms with Crippen molar-refractivity contribution >= 4 is 23.5 Å². The number of rotatable bonds is 7. The Labute approximate surface area is 182 Å². The van der Waals surface area contributed by atoms with E-state index in [0.717, 1.165) is 18.2 Å². The smallest absolute Gasteiger partial charge is 0.335 e. The van der Waals surface area contributed by atoms with E-state index in [1.54, 1.807) is 31.2 Å². The van der Waals surface area contributed by atoms with Gasteiger partial charge in [0, 0.05) is 22.2 Å². The molecule has 1 unspecified atom stereocenters. The molecule has 31 heavy (non-hydrogen) atoms. The second-order valence-electron chi connectivity index (χ2n) is 6.79. The van der Waals surface area contributed by atoms with Crippen LogP contribution in [0.4, 0.5) is 8.78 Å². The highest BCUT2D eigenvalue weighted by Gasteiger charge is 2.17. The van der Waals surface area contributed by atoms with Crippen molar-refractivity contribution in [2.45, 2.75) is 19.6 Å². The summed E-state index contributed by atoms with van der Waals surface area (Å²) in [4.78, 5) is 23.8. The molecule has 0 fully saturated rings. The SMILES string of the molecule is CC(NC(=O)c1cc(Cl)ccc1COc1cc(F)ccc1F)c1ccc(C(=O)O)cc1. The van der Waals surface area contributed by atoms with E-state index in [4.69, 9.17) is 21.4 Å². The number of nitrogens with one attached hydrogen (secondary N) is 1. The van der Waals surface area contributed by atoms with Gasteiger partial charge in [-0.25, -0.2) is 13.6 Å². The van der Waals surface area contributed by atoms with E-state index in [9.17, 15) is 18.4 Å². The molecule has 1 atom stereocenters. The number of hydrogen-bond acceptors (Lipinski definition) is 3. The third kappa shape index (κ3) is 5.58. The largest absolute Gasteiger partial charge is 0.486 e. The molecule has 8 heteroatoms. The van der Waals surface area contributed by atoms with Crippen LogP contribution in [0.1, 0.15) is 44.8 Å². The zero-order valence-corrected chi connectivity index (χ0v) is 17.1. The lowest BCUT2D eigenvalue weighted by molar-refractivity contribution is 0.0696. The first-order chi connectivity index (χ1) is 14.7. The van der Waals surface area contributed by atoms with Crippen LogP contribution in [0.3, 0.4) is 0 Å². The Balaban J connectivity index is 1.76. The second-order valence-corrected chi connectivity index (χ2v) is 7.22. The van der Waals surface area contributed by atoms with Crippen molar-refractivity contribution in [3.63, 3.8) is 0 Å². The lowest BCUT2D eigenvalue weighted by Gasteiger charge is -2.17. The van der Waals surface area contributed by atoms with Gasteiger partial charge >= 0.3 is 5.97 Å². The normalized spacial score (nSPS) is 11.6. The molecule has 1 amide bonds. The van der Waals surface area contributed by atoms with Crippen LogP contribution < -0.4 is 10.1 Å². The number of carboxylic acid groups (broad SMARTS) is 1. The number of hydrogen-bond donors (Lipinski definition) is 2. The molecule has 160 valence electrons. The molecular weight excluding hydrogens is 428 g/mol. The van der Waals surface area contributed by atoms with Crippen molar-refractivity contribution in [1.82, 2.24) is 5.32 Å². The van der Waals surface area contributed by atoms with Gasteiger partial charge in [0.25, 0.3) is 5.91 Å². The van der Waals surface area contributed by atoms with Gasteiger partial charge in [-0.05, 0) is 48.9 Å². The summed E-state index contributed by atoms with van der Waals surface area (Å²) < 4.78 is 32.5. The summed E-state index contributed by atoms with van der Waals surface area (Å²) in [5.41, 5.74) is 1.50. The van der Waals surface area contributed by atoms with Gasteiger partial charge in [-0.3, -0.25) is 4.79 Å².